The number of hydrogen-bond acceptors (Lipinski definition) is 9. The first kappa shape index (κ1) is 22.5. The predicted molar refractivity (Wildman–Crippen MR) is 125 cm³/mol. The number of amides is 2. The lowest BCUT2D eigenvalue weighted by atomic mass is 10.0. The molecule has 1 unspecified atom stereocenters. The number of carbonyl (C=O) groups is 2. The summed E-state index contributed by atoms with van der Waals surface area (Å²) in [5, 5.41) is 6.19. The number of aromatic nitrogens is 5. The van der Waals surface area contributed by atoms with E-state index in [1.54, 1.807) is 24.5 Å². The second-order valence-electron chi connectivity index (χ2n) is 8.43. The number of imide groups is 1. The minimum Gasteiger partial charge on any atom is -0.408 e. The van der Waals surface area contributed by atoms with Gasteiger partial charge in [-0.05, 0) is 30.2 Å². The van der Waals surface area contributed by atoms with Crippen LogP contribution in [0.4, 0.5) is 4.39 Å². The van der Waals surface area contributed by atoms with E-state index in [1.807, 2.05) is 18.2 Å². The van der Waals surface area contributed by atoms with Crippen molar-refractivity contribution in [3.05, 3.63) is 82.7 Å². The lowest BCUT2D eigenvalue weighted by molar-refractivity contribution is -0.135. The summed E-state index contributed by atoms with van der Waals surface area (Å²) in [5.74, 6) is -1.77. The van der Waals surface area contributed by atoms with Crippen LogP contribution in [0.5, 0.6) is 0 Å². The molecule has 0 aliphatic carbocycles. The van der Waals surface area contributed by atoms with Gasteiger partial charge in [0.15, 0.2) is 17.2 Å². The van der Waals surface area contributed by atoms with Crippen LogP contribution in [0.2, 0.25) is 0 Å². The molecular weight excluding hydrogens is 483 g/mol. The maximum absolute atomic E-state index is 15.6. The summed E-state index contributed by atoms with van der Waals surface area (Å²) in [6.07, 6.45) is 3.31. The van der Waals surface area contributed by atoms with Crippen LogP contribution in [0, 0.1) is 5.82 Å². The van der Waals surface area contributed by atoms with Crippen LogP contribution in [0.25, 0.3) is 33.9 Å². The zero-order valence-electron chi connectivity index (χ0n) is 19.1. The van der Waals surface area contributed by atoms with Crippen molar-refractivity contribution >= 4 is 22.9 Å². The highest BCUT2D eigenvalue weighted by atomic mass is 19.1. The molecule has 1 saturated heterocycles. The lowest BCUT2D eigenvalue weighted by Crippen LogP contribution is -2.43. The van der Waals surface area contributed by atoms with E-state index < -0.39 is 29.4 Å². The molecule has 2 amide bonds. The predicted octanol–water partition coefficient (Wildman–Crippen LogP) is 2.81. The van der Waals surface area contributed by atoms with E-state index in [1.165, 1.54) is 12.1 Å². The number of hydrogen-bond donors (Lipinski definition) is 1. The van der Waals surface area contributed by atoms with E-state index in [0.29, 0.717) is 17.2 Å². The lowest BCUT2D eigenvalue weighted by Gasteiger charge is -2.21. The monoisotopic (exact) mass is 500 g/mol. The fraction of sp³-hybridized carbons (Fsp3) is 0.160. The van der Waals surface area contributed by atoms with Crippen LogP contribution in [0.3, 0.4) is 0 Å². The molecule has 0 radical (unpaired) electrons. The Bertz CT molecular complexity index is 1720. The summed E-state index contributed by atoms with van der Waals surface area (Å²) in [6, 6.07) is 10.9. The van der Waals surface area contributed by atoms with Crippen molar-refractivity contribution in [2.45, 2.75) is 25.3 Å². The van der Waals surface area contributed by atoms with Crippen molar-refractivity contribution in [1.29, 1.82) is 0 Å². The third-order valence-corrected chi connectivity index (χ3v) is 6.07. The number of rotatable bonds is 5. The molecule has 0 bridgehead atoms. The Balaban J connectivity index is 1.31. The molecule has 12 heteroatoms. The molecule has 184 valence electrons. The molecule has 0 saturated carbocycles. The highest BCUT2D eigenvalue weighted by Gasteiger charge is 2.32. The Labute approximate surface area is 207 Å². The molecule has 1 N–H and O–H groups in total. The molecule has 4 heterocycles. The van der Waals surface area contributed by atoms with Crippen molar-refractivity contribution in [1.82, 2.24) is 30.0 Å². The summed E-state index contributed by atoms with van der Waals surface area (Å²) in [4.78, 5) is 49.2. The van der Waals surface area contributed by atoms with Gasteiger partial charge in [0.25, 0.3) is 0 Å². The highest BCUT2D eigenvalue weighted by Crippen LogP contribution is 2.28. The van der Waals surface area contributed by atoms with Crippen LogP contribution in [-0.2, 0) is 16.0 Å². The molecule has 1 fully saturated rings. The molecule has 1 aliphatic rings. The summed E-state index contributed by atoms with van der Waals surface area (Å²) in [7, 11) is 0. The number of benzene rings is 2. The second kappa shape index (κ2) is 8.90. The van der Waals surface area contributed by atoms with Gasteiger partial charge in [-0.25, -0.2) is 19.2 Å². The molecular formula is C25H17FN6O5. The van der Waals surface area contributed by atoms with Gasteiger partial charge in [0.05, 0.1) is 6.42 Å². The standard InChI is InChI=1S/C25H17FN6O5/c26-20-13(5-7-17-21(20)32(25(35)36-17)16-6-8-18(33)29-24(16)34)12-19-30-23(31-37-19)15-4-1-3-14(11-15)22-27-9-2-10-28-22/h1-5,7,9-11,16H,6,8,12H2,(H,29,33,34). The van der Waals surface area contributed by atoms with Crippen LogP contribution >= 0.6 is 0 Å². The quantitative estimate of drug-likeness (QED) is 0.360. The average molecular weight is 500 g/mol. The first-order valence-corrected chi connectivity index (χ1v) is 11.3. The Morgan fingerprint density at radius 3 is 2.59 bits per heavy atom. The number of halogens is 1. The second-order valence-corrected chi connectivity index (χ2v) is 8.43. The number of nitrogens with zero attached hydrogens (tertiary/aromatic N) is 5. The van der Waals surface area contributed by atoms with Crippen molar-refractivity contribution < 1.29 is 22.9 Å². The zero-order valence-corrected chi connectivity index (χ0v) is 19.1. The highest BCUT2D eigenvalue weighted by molar-refractivity contribution is 6.00. The van der Waals surface area contributed by atoms with E-state index in [9.17, 15) is 14.4 Å². The molecule has 37 heavy (non-hydrogen) atoms. The van der Waals surface area contributed by atoms with Gasteiger partial charge >= 0.3 is 5.76 Å². The molecule has 1 aliphatic heterocycles. The molecule has 2 aromatic carbocycles. The van der Waals surface area contributed by atoms with Gasteiger partial charge < -0.3 is 8.94 Å². The fourth-order valence-electron chi connectivity index (χ4n) is 4.33. The number of piperidine rings is 1. The van der Waals surface area contributed by atoms with Gasteiger partial charge in [0.1, 0.15) is 11.6 Å². The number of nitrogens with one attached hydrogen (secondary N) is 1. The largest absolute Gasteiger partial charge is 0.420 e. The minimum atomic E-state index is -1.06. The maximum Gasteiger partial charge on any atom is 0.420 e. The molecule has 5 aromatic rings. The van der Waals surface area contributed by atoms with Gasteiger partial charge in [0.2, 0.25) is 23.5 Å². The number of carbonyl (C=O) groups excluding carboxylic acids is 2. The summed E-state index contributed by atoms with van der Waals surface area (Å²) >= 11 is 0. The maximum atomic E-state index is 15.6. The van der Waals surface area contributed by atoms with Crippen molar-refractivity contribution in [3.63, 3.8) is 0 Å². The van der Waals surface area contributed by atoms with E-state index >= 15 is 4.39 Å². The summed E-state index contributed by atoms with van der Waals surface area (Å²) in [6.45, 7) is 0. The van der Waals surface area contributed by atoms with E-state index in [4.69, 9.17) is 8.94 Å². The third kappa shape index (κ3) is 4.07. The molecule has 11 nitrogen and oxygen atoms in total. The van der Waals surface area contributed by atoms with E-state index in [2.05, 4.69) is 25.4 Å². The first-order valence-electron chi connectivity index (χ1n) is 11.3. The molecule has 3 aromatic heterocycles. The topological polar surface area (TPSA) is 146 Å². The van der Waals surface area contributed by atoms with E-state index in [-0.39, 0.29) is 41.8 Å². The minimum absolute atomic E-state index is 0.0119. The van der Waals surface area contributed by atoms with Gasteiger partial charge in [0, 0.05) is 29.9 Å². The molecule has 0 spiro atoms. The molecule has 6 rings (SSSR count). The number of fused-ring (bicyclic) bond motifs is 1. The Kier molecular flexibility index (Phi) is 5.40. The first-order chi connectivity index (χ1) is 18.0. The van der Waals surface area contributed by atoms with Crippen LogP contribution in [0.1, 0.15) is 30.3 Å². The molecule has 1 atom stereocenters. The average Bonchev–Trinajstić information content (AvgIpc) is 3.51. The van der Waals surface area contributed by atoms with Gasteiger partial charge in [-0.2, -0.15) is 4.98 Å². The van der Waals surface area contributed by atoms with Gasteiger partial charge in [-0.1, -0.05) is 29.4 Å². The fourth-order valence-corrected chi connectivity index (χ4v) is 4.33. The summed E-state index contributed by atoms with van der Waals surface area (Å²) < 4.78 is 27.1. The van der Waals surface area contributed by atoms with Gasteiger partial charge in [-0.3, -0.25) is 19.5 Å². The summed E-state index contributed by atoms with van der Waals surface area (Å²) in [5.41, 5.74) is 1.43. The Morgan fingerprint density at radius 2 is 1.81 bits per heavy atom. The van der Waals surface area contributed by atoms with Crippen molar-refractivity contribution in [2.75, 3.05) is 0 Å². The SMILES string of the molecule is O=C1CCC(n2c(=O)oc3ccc(Cc4nc(-c5cccc(-c6ncccn6)c5)no4)c(F)c32)C(=O)N1. The van der Waals surface area contributed by atoms with Crippen molar-refractivity contribution in [3.8, 4) is 22.8 Å². The third-order valence-electron chi connectivity index (χ3n) is 6.07. The normalized spacial score (nSPS) is 15.8. The van der Waals surface area contributed by atoms with Crippen LogP contribution in [0.15, 0.2) is 68.6 Å². The number of oxazole rings is 1. The smallest absolute Gasteiger partial charge is 0.408 e. The van der Waals surface area contributed by atoms with Gasteiger partial charge in [-0.15, -0.1) is 0 Å². The zero-order chi connectivity index (χ0) is 25.5. The van der Waals surface area contributed by atoms with Crippen molar-refractivity contribution in [2.24, 2.45) is 0 Å². The van der Waals surface area contributed by atoms with Crippen LogP contribution in [-0.4, -0.2) is 36.5 Å². The Morgan fingerprint density at radius 1 is 1.03 bits per heavy atom. The van der Waals surface area contributed by atoms with E-state index in [0.717, 1.165) is 10.1 Å². The van der Waals surface area contributed by atoms with Crippen LogP contribution < -0.4 is 11.1 Å². The Hall–Kier alpha value is -5.00.